The molecule has 0 bridgehead atoms. The van der Waals surface area contributed by atoms with Gasteiger partial charge in [-0.25, -0.2) is 14.2 Å². The summed E-state index contributed by atoms with van der Waals surface area (Å²) in [6.45, 7) is 6.43. The topological polar surface area (TPSA) is 123 Å². The SMILES string of the molecule is Cc1nc(S(=O)(=O)Nc2ccon2)c(F)cc1NC(=O)OC(C)(C)C. The largest absolute Gasteiger partial charge is 0.444 e. The Hall–Kier alpha value is -2.69. The number of rotatable bonds is 4. The number of nitrogens with one attached hydrogen (secondary N) is 2. The number of carbonyl (C=O) groups is 1. The third kappa shape index (κ3) is 4.89. The molecule has 0 aliphatic carbocycles. The quantitative estimate of drug-likeness (QED) is 0.845. The van der Waals surface area contributed by atoms with Crippen molar-refractivity contribution in [3.05, 3.63) is 29.9 Å². The van der Waals surface area contributed by atoms with Crippen LogP contribution in [0.3, 0.4) is 0 Å². The number of hydrogen-bond acceptors (Lipinski definition) is 7. The van der Waals surface area contributed by atoms with E-state index in [9.17, 15) is 17.6 Å². The Kier molecular flexibility index (Phi) is 4.97. The van der Waals surface area contributed by atoms with Gasteiger partial charge in [0.25, 0.3) is 10.0 Å². The molecule has 11 heteroatoms. The lowest BCUT2D eigenvalue weighted by molar-refractivity contribution is 0.0635. The first-order chi connectivity index (χ1) is 11.5. The second-order valence-electron chi connectivity index (χ2n) is 6.03. The van der Waals surface area contributed by atoms with Gasteiger partial charge in [-0.15, -0.1) is 0 Å². The maximum Gasteiger partial charge on any atom is 0.412 e. The van der Waals surface area contributed by atoms with Crippen LogP contribution in [0.1, 0.15) is 26.5 Å². The van der Waals surface area contributed by atoms with E-state index >= 15 is 0 Å². The van der Waals surface area contributed by atoms with Crippen molar-refractivity contribution in [2.24, 2.45) is 0 Å². The predicted octanol–water partition coefficient (Wildman–Crippen LogP) is 2.66. The van der Waals surface area contributed by atoms with Crippen LogP contribution in [0.15, 0.2) is 27.9 Å². The molecule has 1 amide bonds. The lowest BCUT2D eigenvalue weighted by Gasteiger charge is -2.20. The average Bonchev–Trinajstić information content (AvgIpc) is 2.92. The van der Waals surface area contributed by atoms with Crippen LogP contribution in [0.4, 0.5) is 20.7 Å². The number of carbonyl (C=O) groups excluding carboxylic acids is 1. The maximum absolute atomic E-state index is 14.2. The average molecular weight is 372 g/mol. The summed E-state index contributed by atoms with van der Waals surface area (Å²) >= 11 is 0. The predicted molar refractivity (Wildman–Crippen MR) is 86.1 cm³/mol. The molecule has 2 N–H and O–H groups in total. The molecule has 0 radical (unpaired) electrons. The molecule has 0 aliphatic heterocycles. The van der Waals surface area contributed by atoms with E-state index in [1.54, 1.807) is 20.8 Å². The highest BCUT2D eigenvalue weighted by molar-refractivity contribution is 7.92. The number of halogens is 1. The zero-order valence-electron chi connectivity index (χ0n) is 14.0. The summed E-state index contributed by atoms with van der Waals surface area (Å²) in [7, 11) is -4.31. The van der Waals surface area contributed by atoms with Gasteiger partial charge in [0, 0.05) is 12.1 Å². The van der Waals surface area contributed by atoms with E-state index in [0.717, 1.165) is 12.3 Å². The zero-order chi connectivity index (χ0) is 18.8. The van der Waals surface area contributed by atoms with E-state index in [1.165, 1.54) is 13.0 Å². The van der Waals surface area contributed by atoms with Gasteiger partial charge in [0.1, 0.15) is 11.9 Å². The molecule has 0 aromatic carbocycles. The Bertz CT molecular complexity index is 875. The second-order valence-corrected chi connectivity index (χ2v) is 7.62. The molecule has 0 unspecified atom stereocenters. The monoisotopic (exact) mass is 372 g/mol. The van der Waals surface area contributed by atoms with Crippen molar-refractivity contribution in [3.63, 3.8) is 0 Å². The molecule has 0 aliphatic rings. The molecule has 0 fully saturated rings. The number of ether oxygens (including phenoxy) is 1. The number of pyridine rings is 1. The molecule has 0 spiro atoms. The van der Waals surface area contributed by atoms with E-state index in [0.29, 0.717) is 0 Å². The summed E-state index contributed by atoms with van der Waals surface area (Å²) in [5.41, 5.74) is -0.658. The normalized spacial score (nSPS) is 11.9. The molecular formula is C14H17FN4O5S. The highest BCUT2D eigenvalue weighted by Crippen LogP contribution is 2.22. The number of nitrogens with zero attached hydrogens (tertiary/aromatic N) is 2. The molecule has 0 saturated carbocycles. The molecule has 2 rings (SSSR count). The van der Waals surface area contributed by atoms with Crippen molar-refractivity contribution in [2.45, 2.75) is 38.3 Å². The van der Waals surface area contributed by atoms with Crippen LogP contribution >= 0.6 is 0 Å². The fraction of sp³-hybridized carbons (Fsp3) is 0.357. The minimum Gasteiger partial charge on any atom is -0.444 e. The fourth-order valence-corrected chi connectivity index (χ4v) is 2.79. The first kappa shape index (κ1) is 18.6. The molecular weight excluding hydrogens is 355 g/mol. The number of anilines is 2. The first-order valence-corrected chi connectivity index (χ1v) is 8.56. The van der Waals surface area contributed by atoms with Crippen molar-refractivity contribution >= 4 is 27.6 Å². The highest BCUT2D eigenvalue weighted by atomic mass is 32.2. The van der Waals surface area contributed by atoms with Crippen LogP contribution in [-0.2, 0) is 14.8 Å². The summed E-state index contributed by atoms with van der Waals surface area (Å²) in [6, 6.07) is 2.10. The Morgan fingerprint density at radius 2 is 2.04 bits per heavy atom. The third-order valence-corrected chi connectivity index (χ3v) is 3.97. The van der Waals surface area contributed by atoms with E-state index in [4.69, 9.17) is 4.74 Å². The van der Waals surface area contributed by atoms with Gasteiger partial charge in [-0.1, -0.05) is 5.16 Å². The van der Waals surface area contributed by atoms with Crippen LogP contribution in [0.2, 0.25) is 0 Å². The zero-order valence-corrected chi connectivity index (χ0v) is 14.8. The standard InChI is InChI=1S/C14H17FN4O5S/c1-8-10(17-13(20)24-14(2,3)4)7-9(15)12(16-8)25(21,22)19-11-5-6-23-18-11/h5-7H,1-4H3,(H,17,20)(H,18,19). The molecule has 136 valence electrons. The lowest BCUT2D eigenvalue weighted by Crippen LogP contribution is -2.27. The van der Waals surface area contributed by atoms with Gasteiger partial charge in [0.15, 0.2) is 11.6 Å². The van der Waals surface area contributed by atoms with Crippen molar-refractivity contribution < 1.29 is 26.9 Å². The second kappa shape index (κ2) is 6.67. The lowest BCUT2D eigenvalue weighted by atomic mass is 10.2. The summed E-state index contributed by atoms with van der Waals surface area (Å²) in [4.78, 5) is 15.5. The molecule has 0 atom stereocenters. The molecule has 0 saturated heterocycles. The van der Waals surface area contributed by atoms with E-state index in [2.05, 4.69) is 20.0 Å². The number of sulfonamides is 1. The van der Waals surface area contributed by atoms with Crippen LogP contribution < -0.4 is 10.0 Å². The minimum atomic E-state index is -4.31. The van der Waals surface area contributed by atoms with E-state index in [-0.39, 0.29) is 17.2 Å². The van der Waals surface area contributed by atoms with Gasteiger partial charge in [-0.2, -0.15) is 8.42 Å². The molecule has 2 aromatic rings. The molecule has 2 aromatic heterocycles. The number of hydrogen-bond donors (Lipinski definition) is 2. The van der Waals surface area contributed by atoms with Gasteiger partial charge < -0.3 is 9.26 Å². The fourth-order valence-electron chi connectivity index (χ4n) is 1.74. The van der Waals surface area contributed by atoms with Crippen LogP contribution in [0.5, 0.6) is 0 Å². The van der Waals surface area contributed by atoms with Gasteiger partial charge in [-0.3, -0.25) is 10.0 Å². The maximum atomic E-state index is 14.2. The highest BCUT2D eigenvalue weighted by Gasteiger charge is 2.25. The Balaban J connectivity index is 2.26. The van der Waals surface area contributed by atoms with Crippen LogP contribution in [0.25, 0.3) is 0 Å². The number of amides is 1. The number of aromatic nitrogens is 2. The summed E-state index contributed by atoms with van der Waals surface area (Å²) in [5.74, 6) is -1.26. The summed E-state index contributed by atoms with van der Waals surface area (Å²) in [5, 5.41) is 4.88. The van der Waals surface area contributed by atoms with Gasteiger partial charge >= 0.3 is 6.09 Å². The molecule has 9 nitrogen and oxygen atoms in total. The first-order valence-electron chi connectivity index (χ1n) is 7.08. The summed E-state index contributed by atoms with van der Waals surface area (Å²) in [6.07, 6.45) is 0.342. The van der Waals surface area contributed by atoms with Crippen LogP contribution in [-0.4, -0.2) is 30.3 Å². The Morgan fingerprint density at radius 1 is 1.36 bits per heavy atom. The molecule has 25 heavy (non-hydrogen) atoms. The van der Waals surface area contributed by atoms with Crippen molar-refractivity contribution in [1.29, 1.82) is 0 Å². The van der Waals surface area contributed by atoms with Crippen molar-refractivity contribution in [2.75, 3.05) is 10.0 Å². The van der Waals surface area contributed by atoms with Crippen molar-refractivity contribution in [3.8, 4) is 0 Å². The van der Waals surface area contributed by atoms with Crippen molar-refractivity contribution in [1.82, 2.24) is 10.1 Å². The van der Waals surface area contributed by atoms with E-state index in [1.807, 2.05) is 4.72 Å². The minimum absolute atomic E-state index is 0.00728. The Morgan fingerprint density at radius 3 is 2.60 bits per heavy atom. The van der Waals surface area contributed by atoms with Gasteiger partial charge in [-0.05, 0) is 27.7 Å². The molecule has 2 heterocycles. The van der Waals surface area contributed by atoms with Gasteiger partial charge in [0.2, 0.25) is 5.03 Å². The number of aryl methyl sites for hydroxylation is 1. The van der Waals surface area contributed by atoms with E-state index < -0.39 is 32.6 Å². The Labute approximate surface area is 143 Å². The van der Waals surface area contributed by atoms with Crippen LogP contribution in [0, 0.1) is 12.7 Å². The third-order valence-electron chi connectivity index (χ3n) is 2.70. The smallest absolute Gasteiger partial charge is 0.412 e. The van der Waals surface area contributed by atoms with Gasteiger partial charge in [0.05, 0.1) is 11.4 Å². The summed E-state index contributed by atoms with van der Waals surface area (Å²) < 4.78 is 50.2.